The van der Waals surface area contributed by atoms with Crippen LogP contribution in [0.5, 0.6) is 0 Å². The van der Waals surface area contributed by atoms with Gasteiger partial charge in [0.25, 0.3) is 0 Å². The number of carbonyl (C=O) groups excluding carboxylic acids is 1. The van der Waals surface area contributed by atoms with Crippen molar-refractivity contribution in [1.29, 1.82) is 0 Å². The Balaban J connectivity index is 3.11. The molecule has 5 heteroatoms. The first-order chi connectivity index (χ1) is 6.93. The zero-order valence-corrected chi connectivity index (χ0v) is 9.39. The Bertz CT molecular complexity index is 427. The van der Waals surface area contributed by atoms with E-state index in [4.69, 9.17) is 28.3 Å². The van der Waals surface area contributed by atoms with Gasteiger partial charge in [0.1, 0.15) is 6.42 Å². The third-order valence-electron chi connectivity index (χ3n) is 1.93. The minimum atomic E-state index is -1.18. The van der Waals surface area contributed by atoms with Gasteiger partial charge in [-0.25, -0.2) is 0 Å². The van der Waals surface area contributed by atoms with E-state index in [9.17, 15) is 9.59 Å². The first-order valence-electron chi connectivity index (χ1n) is 4.13. The van der Waals surface area contributed by atoms with Crippen molar-refractivity contribution < 1.29 is 14.7 Å². The lowest BCUT2D eigenvalue weighted by Gasteiger charge is -2.06. The molecule has 80 valence electrons. The van der Waals surface area contributed by atoms with Crippen LogP contribution < -0.4 is 0 Å². The van der Waals surface area contributed by atoms with E-state index < -0.39 is 18.2 Å². The second-order valence-electron chi connectivity index (χ2n) is 3.03. The number of hydrogen-bond acceptors (Lipinski definition) is 2. The lowest BCUT2D eigenvalue weighted by atomic mass is 10.1. The molecule has 0 aliphatic heterocycles. The van der Waals surface area contributed by atoms with Gasteiger partial charge in [-0.1, -0.05) is 23.2 Å². The molecule has 0 saturated heterocycles. The summed E-state index contributed by atoms with van der Waals surface area (Å²) in [7, 11) is 0. The summed E-state index contributed by atoms with van der Waals surface area (Å²) in [5.41, 5.74) is 0.774. The molecular weight excluding hydrogens is 239 g/mol. The number of carbonyl (C=O) groups is 2. The van der Waals surface area contributed by atoms with E-state index in [0.29, 0.717) is 10.6 Å². The van der Waals surface area contributed by atoms with Crippen LogP contribution in [0.2, 0.25) is 10.0 Å². The summed E-state index contributed by atoms with van der Waals surface area (Å²) < 4.78 is 0. The quantitative estimate of drug-likeness (QED) is 0.659. The first kappa shape index (κ1) is 12.0. The van der Waals surface area contributed by atoms with Crippen LogP contribution in [0.15, 0.2) is 12.1 Å². The Morgan fingerprint density at radius 2 is 1.93 bits per heavy atom. The van der Waals surface area contributed by atoms with E-state index >= 15 is 0 Å². The fourth-order valence-corrected chi connectivity index (χ4v) is 1.59. The number of benzene rings is 1. The van der Waals surface area contributed by atoms with Gasteiger partial charge in [0, 0.05) is 10.6 Å². The molecule has 15 heavy (non-hydrogen) atoms. The number of carboxylic acid groups (broad SMARTS) is 1. The van der Waals surface area contributed by atoms with Crippen molar-refractivity contribution in [2.75, 3.05) is 0 Å². The van der Waals surface area contributed by atoms with Crippen molar-refractivity contribution in [3.05, 3.63) is 33.3 Å². The van der Waals surface area contributed by atoms with Crippen LogP contribution in [0.25, 0.3) is 0 Å². The van der Waals surface area contributed by atoms with Gasteiger partial charge < -0.3 is 5.11 Å². The number of ketones is 1. The van der Waals surface area contributed by atoms with Crippen LogP contribution >= 0.6 is 23.2 Å². The second kappa shape index (κ2) is 4.64. The lowest BCUT2D eigenvalue weighted by Crippen LogP contribution is -2.08. The van der Waals surface area contributed by atoms with E-state index in [1.165, 1.54) is 12.1 Å². The third kappa shape index (κ3) is 2.70. The Labute approximate surface area is 96.6 Å². The number of aliphatic carboxylic acids is 1. The topological polar surface area (TPSA) is 54.4 Å². The molecule has 1 aromatic carbocycles. The van der Waals surface area contributed by atoms with Crippen LogP contribution in [-0.4, -0.2) is 16.9 Å². The van der Waals surface area contributed by atoms with E-state index in [0.717, 1.165) is 0 Å². The van der Waals surface area contributed by atoms with Crippen LogP contribution in [-0.2, 0) is 4.79 Å². The fraction of sp³-hybridized carbons (Fsp3) is 0.200. The molecule has 0 aliphatic rings. The molecule has 0 aliphatic carbocycles. The monoisotopic (exact) mass is 246 g/mol. The van der Waals surface area contributed by atoms with Gasteiger partial charge in [-0.05, 0) is 24.6 Å². The minimum absolute atomic E-state index is 0.195. The zero-order valence-electron chi connectivity index (χ0n) is 7.88. The number of carboxylic acids is 1. The molecule has 0 radical (unpaired) electrons. The first-order valence-corrected chi connectivity index (χ1v) is 4.88. The molecule has 0 aromatic heterocycles. The maximum atomic E-state index is 11.4. The summed E-state index contributed by atoms with van der Waals surface area (Å²) >= 11 is 11.7. The van der Waals surface area contributed by atoms with Gasteiger partial charge in [0.15, 0.2) is 5.78 Å². The Kier molecular flexibility index (Phi) is 3.72. The molecule has 0 unspecified atom stereocenters. The van der Waals surface area contributed by atoms with Crippen molar-refractivity contribution in [2.45, 2.75) is 13.3 Å². The average Bonchev–Trinajstić information content (AvgIpc) is 2.13. The molecule has 0 atom stereocenters. The largest absolute Gasteiger partial charge is 0.481 e. The van der Waals surface area contributed by atoms with Gasteiger partial charge >= 0.3 is 5.97 Å². The van der Waals surface area contributed by atoms with Crippen LogP contribution in [0.4, 0.5) is 0 Å². The molecule has 1 aromatic rings. The molecule has 1 N–H and O–H groups in total. The standard InChI is InChI=1S/C10H8Cl2O3/c1-5-7(11)3-2-6(10(5)12)8(13)4-9(14)15/h2-3H,4H2,1H3,(H,14,15). The van der Waals surface area contributed by atoms with Crippen molar-refractivity contribution >= 4 is 35.0 Å². The SMILES string of the molecule is Cc1c(Cl)ccc(C(=O)CC(=O)O)c1Cl. The maximum absolute atomic E-state index is 11.4. The van der Waals surface area contributed by atoms with Crippen LogP contribution in [0, 0.1) is 6.92 Å². The number of halogens is 2. The summed E-state index contributed by atoms with van der Waals surface area (Å²) in [5, 5.41) is 9.14. The molecule has 1 rings (SSSR count). The highest BCUT2D eigenvalue weighted by Crippen LogP contribution is 2.27. The maximum Gasteiger partial charge on any atom is 0.311 e. The number of Topliss-reactive ketones (excluding diaryl/α,β-unsaturated/α-hetero) is 1. The smallest absolute Gasteiger partial charge is 0.311 e. The van der Waals surface area contributed by atoms with Gasteiger partial charge in [-0.15, -0.1) is 0 Å². The molecule has 0 spiro atoms. The highest BCUT2D eigenvalue weighted by Gasteiger charge is 2.16. The van der Waals surface area contributed by atoms with Crippen molar-refractivity contribution in [3.8, 4) is 0 Å². The predicted octanol–water partition coefficient (Wildman–Crippen LogP) is 2.96. The van der Waals surface area contributed by atoms with Crippen molar-refractivity contribution in [1.82, 2.24) is 0 Å². The van der Waals surface area contributed by atoms with E-state index in [2.05, 4.69) is 0 Å². The summed E-state index contributed by atoms with van der Waals surface area (Å²) in [6, 6.07) is 2.96. The molecule has 3 nitrogen and oxygen atoms in total. The van der Waals surface area contributed by atoms with E-state index in [1.807, 2.05) is 0 Å². The average molecular weight is 247 g/mol. The molecule has 0 heterocycles. The highest BCUT2D eigenvalue weighted by atomic mass is 35.5. The van der Waals surface area contributed by atoms with Gasteiger partial charge in [0.05, 0.1) is 5.02 Å². The summed E-state index contributed by atoms with van der Waals surface area (Å²) in [5.74, 6) is -1.70. The molecule has 0 bridgehead atoms. The van der Waals surface area contributed by atoms with Crippen LogP contribution in [0.3, 0.4) is 0 Å². The summed E-state index contributed by atoms with van der Waals surface area (Å²) in [4.78, 5) is 21.8. The van der Waals surface area contributed by atoms with Crippen molar-refractivity contribution in [3.63, 3.8) is 0 Å². The normalized spacial score (nSPS) is 10.1. The van der Waals surface area contributed by atoms with Gasteiger partial charge in [0.2, 0.25) is 0 Å². The summed E-state index contributed by atoms with van der Waals surface area (Å²) in [6.07, 6.45) is -0.569. The summed E-state index contributed by atoms with van der Waals surface area (Å²) in [6.45, 7) is 1.67. The number of rotatable bonds is 3. The molecule has 0 saturated carbocycles. The minimum Gasteiger partial charge on any atom is -0.481 e. The number of hydrogen-bond donors (Lipinski definition) is 1. The Morgan fingerprint density at radius 1 is 1.33 bits per heavy atom. The van der Waals surface area contributed by atoms with Crippen LogP contribution in [0.1, 0.15) is 22.3 Å². The predicted molar refractivity (Wildman–Crippen MR) is 57.8 cm³/mol. The Morgan fingerprint density at radius 3 is 2.47 bits per heavy atom. The molecule has 0 fully saturated rings. The highest BCUT2D eigenvalue weighted by molar-refractivity contribution is 6.38. The molecule has 0 amide bonds. The van der Waals surface area contributed by atoms with E-state index in [1.54, 1.807) is 6.92 Å². The second-order valence-corrected chi connectivity index (χ2v) is 3.81. The fourth-order valence-electron chi connectivity index (χ4n) is 1.11. The lowest BCUT2D eigenvalue weighted by molar-refractivity contribution is -0.135. The van der Waals surface area contributed by atoms with Crippen molar-refractivity contribution in [2.24, 2.45) is 0 Å². The molecular formula is C10H8Cl2O3. The third-order valence-corrected chi connectivity index (χ3v) is 2.83. The van der Waals surface area contributed by atoms with E-state index in [-0.39, 0.29) is 10.6 Å². The zero-order chi connectivity index (χ0) is 11.6. The van der Waals surface area contributed by atoms with Gasteiger partial charge in [-0.2, -0.15) is 0 Å². The van der Waals surface area contributed by atoms with Gasteiger partial charge in [-0.3, -0.25) is 9.59 Å². The Hall–Kier alpha value is -1.06.